The predicted molar refractivity (Wildman–Crippen MR) is 130 cm³/mol. The molecule has 0 aromatic heterocycles. The van der Waals surface area contributed by atoms with Crippen molar-refractivity contribution in [2.75, 3.05) is 26.9 Å². The van der Waals surface area contributed by atoms with Crippen molar-refractivity contribution in [2.24, 2.45) is 5.92 Å². The predicted octanol–water partition coefficient (Wildman–Crippen LogP) is 3.64. The largest absolute Gasteiger partial charge is 0.480 e. The first kappa shape index (κ1) is 24.7. The third kappa shape index (κ3) is 5.32. The summed E-state index contributed by atoms with van der Waals surface area (Å²) < 4.78 is 10.7. The fraction of sp³-hybridized carbons (Fsp3) is 0.444. The van der Waals surface area contributed by atoms with E-state index in [9.17, 15) is 19.5 Å². The van der Waals surface area contributed by atoms with Crippen LogP contribution in [0.15, 0.2) is 48.5 Å². The lowest BCUT2D eigenvalue weighted by Gasteiger charge is -2.38. The first-order chi connectivity index (χ1) is 16.9. The third-order valence-electron chi connectivity index (χ3n) is 6.98. The van der Waals surface area contributed by atoms with Gasteiger partial charge in [0.05, 0.1) is 0 Å². The smallest absolute Gasteiger partial charge is 0.407 e. The van der Waals surface area contributed by atoms with Gasteiger partial charge in [0.15, 0.2) is 0 Å². The van der Waals surface area contributed by atoms with Crippen molar-refractivity contribution >= 4 is 18.0 Å². The van der Waals surface area contributed by atoms with E-state index in [0.717, 1.165) is 28.7 Å². The average Bonchev–Trinajstić information content (AvgIpc) is 3.18. The van der Waals surface area contributed by atoms with E-state index in [1.807, 2.05) is 43.3 Å². The van der Waals surface area contributed by atoms with Gasteiger partial charge in [-0.1, -0.05) is 55.5 Å². The van der Waals surface area contributed by atoms with Gasteiger partial charge in [0, 0.05) is 32.6 Å². The van der Waals surface area contributed by atoms with Crippen LogP contribution in [0.5, 0.6) is 0 Å². The van der Waals surface area contributed by atoms with Crippen molar-refractivity contribution in [3.8, 4) is 11.1 Å². The van der Waals surface area contributed by atoms with Gasteiger partial charge in [0.2, 0.25) is 5.91 Å². The Hall–Kier alpha value is -3.39. The van der Waals surface area contributed by atoms with Crippen molar-refractivity contribution < 1.29 is 29.0 Å². The van der Waals surface area contributed by atoms with Crippen LogP contribution in [-0.4, -0.2) is 66.9 Å². The van der Waals surface area contributed by atoms with E-state index in [4.69, 9.17) is 9.47 Å². The second-order valence-electron chi connectivity index (χ2n) is 9.32. The van der Waals surface area contributed by atoms with Gasteiger partial charge in [-0.05, 0) is 41.0 Å². The van der Waals surface area contributed by atoms with Gasteiger partial charge < -0.3 is 24.8 Å². The van der Waals surface area contributed by atoms with Crippen LogP contribution in [0, 0.1) is 5.92 Å². The number of methoxy groups -OCH3 is 1. The second-order valence-corrected chi connectivity index (χ2v) is 9.32. The topological polar surface area (TPSA) is 105 Å². The van der Waals surface area contributed by atoms with Gasteiger partial charge in [-0.15, -0.1) is 0 Å². The Morgan fingerprint density at radius 1 is 1.09 bits per heavy atom. The quantitative estimate of drug-likeness (QED) is 0.598. The second kappa shape index (κ2) is 10.9. The maximum atomic E-state index is 13.3. The normalized spacial score (nSPS) is 20.0. The zero-order valence-corrected chi connectivity index (χ0v) is 20.1. The molecule has 4 rings (SSSR count). The highest BCUT2D eigenvalue weighted by Gasteiger charge is 2.38. The Morgan fingerprint density at radius 3 is 2.31 bits per heavy atom. The molecule has 1 aliphatic heterocycles. The SMILES string of the molecule is COCCC(NC(=O)OCC1c2ccccc2-c2ccccc21)C(=O)N1CCC(C)CC1C(=O)O. The molecule has 2 amide bonds. The number of alkyl carbamates (subject to hydrolysis) is 1. The number of nitrogens with zero attached hydrogens (tertiary/aromatic N) is 1. The summed E-state index contributed by atoms with van der Waals surface area (Å²) in [5.74, 6) is -1.33. The molecule has 0 radical (unpaired) electrons. The Balaban J connectivity index is 1.44. The van der Waals surface area contributed by atoms with Gasteiger partial charge >= 0.3 is 12.1 Å². The summed E-state index contributed by atoms with van der Waals surface area (Å²) in [7, 11) is 1.51. The number of fused-ring (bicyclic) bond motifs is 3. The molecule has 2 aromatic carbocycles. The average molecular weight is 481 g/mol. The highest BCUT2D eigenvalue weighted by atomic mass is 16.5. The number of amides is 2. The maximum Gasteiger partial charge on any atom is 0.407 e. The Kier molecular flexibility index (Phi) is 7.70. The number of likely N-dealkylation sites (tertiary alicyclic amines) is 1. The molecule has 1 fully saturated rings. The van der Waals surface area contributed by atoms with Gasteiger partial charge in [0.25, 0.3) is 0 Å². The number of hydrogen-bond donors (Lipinski definition) is 2. The minimum Gasteiger partial charge on any atom is -0.480 e. The van der Waals surface area contributed by atoms with E-state index in [0.29, 0.717) is 13.0 Å². The summed E-state index contributed by atoms with van der Waals surface area (Å²) in [5, 5.41) is 12.3. The van der Waals surface area contributed by atoms with E-state index in [1.165, 1.54) is 12.0 Å². The summed E-state index contributed by atoms with van der Waals surface area (Å²) in [6.45, 7) is 2.69. The zero-order valence-electron chi connectivity index (χ0n) is 20.1. The number of carboxylic acids is 1. The molecule has 2 aliphatic rings. The van der Waals surface area contributed by atoms with Gasteiger partial charge in [-0.25, -0.2) is 9.59 Å². The van der Waals surface area contributed by atoms with Crippen LogP contribution in [0.25, 0.3) is 11.1 Å². The number of rotatable bonds is 8. The molecule has 1 aliphatic carbocycles. The molecule has 35 heavy (non-hydrogen) atoms. The monoisotopic (exact) mass is 480 g/mol. The number of carbonyl (C=O) groups excluding carboxylic acids is 2. The number of ether oxygens (including phenoxy) is 2. The third-order valence-corrected chi connectivity index (χ3v) is 6.98. The number of nitrogens with one attached hydrogen (secondary N) is 1. The molecule has 3 unspecified atom stereocenters. The molecule has 1 saturated heterocycles. The summed E-state index contributed by atoms with van der Waals surface area (Å²) in [6, 6.07) is 14.3. The Labute approximate surface area is 205 Å². The number of aliphatic carboxylic acids is 1. The number of benzene rings is 2. The fourth-order valence-corrected chi connectivity index (χ4v) is 5.12. The van der Waals surface area contributed by atoms with Crippen LogP contribution in [0.4, 0.5) is 4.79 Å². The number of hydrogen-bond acceptors (Lipinski definition) is 5. The number of carboxylic acid groups (broad SMARTS) is 1. The van der Waals surface area contributed by atoms with E-state index in [1.54, 1.807) is 0 Å². The highest BCUT2D eigenvalue weighted by Crippen LogP contribution is 2.44. The van der Waals surface area contributed by atoms with Crippen molar-refractivity contribution in [1.82, 2.24) is 10.2 Å². The lowest BCUT2D eigenvalue weighted by molar-refractivity contribution is -0.154. The fourth-order valence-electron chi connectivity index (χ4n) is 5.12. The van der Waals surface area contributed by atoms with E-state index in [-0.39, 0.29) is 31.5 Å². The lowest BCUT2D eigenvalue weighted by atomic mass is 9.91. The Bertz CT molecular complexity index is 1040. The van der Waals surface area contributed by atoms with Crippen LogP contribution in [-0.2, 0) is 19.1 Å². The summed E-state index contributed by atoms with van der Waals surface area (Å²) in [5.41, 5.74) is 4.45. The van der Waals surface area contributed by atoms with Crippen LogP contribution in [0.2, 0.25) is 0 Å². The number of piperidine rings is 1. The zero-order chi connectivity index (χ0) is 24.9. The van der Waals surface area contributed by atoms with E-state index >= 15 is 0 Å². The van der Waals surface area contributed by atoms with Crippen LogP contribution in [0.3, 0.4) is 0 Å². The molecular formula is C27H32N2O6. The molecular weight excluding hydrogens is 448 g/mol. The van der Waals surface area contributed by atoms with Gasteiger partial charge in [-0.3, -0.25) is 4.79 Å². The number of carbonyl (C=O) groups is 3. The molecule has 2 N–H and O–H groups in total. The van der Waals surface area contributed by atoms with Crippen molar-refractivity contribution in [1.29, 1.82) is 0 Å². The first-order valence-electron chi connectivity index (χ1n) is 12.0. The minimum atomic E-state index is -1.03. The van der Waals surface area contributed by atoms with Crippen LogP contribution in [0.1, 0.15) is 43.2 Å². The van der Waals surface area contributed by atoms with Gasteiger partial charge in [0.1, 0.15) is 18.7 Å². The highest BCUT2D eigenvalue weighted by molar-refractivity contribution is 5.89. The minimum absolute atomic E-state index is 0.0961. The molecule has 0 spiro atoms. The lowest BCUT2D eigenvalue weighted by Crippen LogP contribution is -2.56. The van der Waals surface area contributed by atoms with Crippen molar-refractivity contribution in [2.45, 2.75) is 44.2 Å². The molecule has 3 atom stereocenters. The molecule has 2 aromatic rings. The molecule has 8 heteroatoms. The summed E-state index contributed by atoms with van der Waals surface area (Å²) in [6.07, 6.45) is 0.622. The summed E-state index contributed by atoms with van der Waals surface area (Å²) in [4.78, 5) is 39.2. The standard InChI is InChI=1S/C27H32N2O6/c1-17-11-13-29(24(15-17)26(31)32)25(30)23(12-14-34-2)28-27(33)35-16-22-20-9-5-3-7-18(20)19-8-4-6-10-21(19)22/h3-10,17,22-24H,11-16H2,1-2H3,(H,28,33)(H,31,32). The summed E-state index contributed by atoms with van der Waals surface area (Å²) >= 11 is 0. The first-order valence-corrected chi connectivity index (χ1v) is 12.0. The molecule has 186 valence electrons. The van der Waals surface area contributed by atoms with Crippen molar-refractivity contribution in [3.05, 3.63) is 59.7 Å². The van der Waals surface area contributed by atoms with Crippen molar-refractivity contribution in [3.63, 3.8) is 0 Å². The molecule has 0 bridgehead atoms. The van der Waals surface area contributed by atoms with Crippen LogP contribution < -0.4 is 5.32 Å². The molecule has 1 heterocycles. The Morgan fingerprint density at radius 2 is 1.71 bits per heavy atom. The van der Waals surface area contributed by atoms with E-state index in [2.05, 4.69) is 17.4 Å². The van der Waals surface area contributed by atoms with E-state index < -0.39 is 30.1 Å². The molecule has 0 saturated carbocycles. The maximum absolute atomic E-state index is 13.3. The van der Waals surface area contributed by atoms with Crippen LogP contribution >= 0.6 is 0 Å². The van der Waals surface area contributed by atoms with Gasteiger partial charge in [-0.2, -0.15) is 0 Å². The molecule has 8 nitrogen and oxygen atoms in total.